The van der Waals surface area contributed by atoms with Gasteiger partial charge < -0.3 is 15.2 Å². The van der Waals surface area contributed by atoms with Crippen molar-refractivity contribution < 1.29 is 14.6 Å². The Kier molecular flexibility index (Phi) is 5.08. The second-order valence-electron chi connectivity index (χ2n) is 6.28. The topological polar surface area (TPSA) is 84.3 Å². The molecule has 0 fully saturated rings. The number of anilines is 2. The summed E-state index contributed by atoms with van der Waals surface area (Å²) in [6.45, 7) is 1.82. The minimum Gasteiger partial charge on any atom is -0.496 e. The van der Waals surface area contributed by atoms with Crippen LogP contribution in [0.2, 0.25) is 5.02 Å². The molecule has 29 heavy (non-hydrogen) atoms. The Bertz CT molecular complexity index is 1230. The monoisotopic (exact) mass is 425 g/mol. The summed E-state index contributed by atoms with van der Waals surface area (Å²) in [7, 11) is 1.41. The van der Waals surface area contributed by atoms with Crippen molar-refractivity contribution in [2.45, 2.75) is 6.92 Å². The third-order valence-electron chi connectivity index (χ3n) is 4.34. The first-order valence-electron chi connectivity index (χ1n) is 8.67. The Balaban J connectivity index is 1.80. The van der Waals surface area contributed by atoms with Crippen molar-refractivity contribution >= 4 is 50.6 Å². The predicted molar refractivity (Wildman–Crippen MR) is 116 cm³/mol. The molecular weight excluding hydrogens is 410 g/mol. The molecule has 6 nitrogen and oxygen atoms in total. The number of methoxy groups -OCH3 is 1. The molecule has 0 aliphatic rings. The van der Waals surface area contributed by atoms with Crippen LogP contribution in [-0.2, 0) is 0 Å². The maximum Gasteiger partial charge on any atom is 0.339 e. The van der Waals surface area contributed by atoms with Gasteiger partial charge in [0.25, 0.3) is 0 Å². The van der Waals surface area contributed by atoms with E-state index < -0.39 is 5.97 Å². The maximum atomic E-state index is 11.4. The predicted octanol–water partition coefficient (Wildman–Crippen LogP) is 5.77. The molecule has 0 saturated heterocycles. The number of carboxylic acids is 1. The third-order valence-corrected chi connectivity index (χ3v) is 5.73. The van der Waals surface area contributed by atoms with Crippen LogP contribution in [0.4, 0.5) is 11.5 Å². The van der Waals surface area contributed by atoms with Gasteiger partial charge in [0, 0.05) is 10.9 Å². The van der Waals surface area contributed by atoms with Crippen molar-refractivity contribution in [1.29, 1.82) is 0 Å². The minimum absolute atomic E-state index is 0.00559. The van der Waals surface area contributed by atoms with E-state index >= 15 is 0 Å². The highest BCUT2D eigenvalue weighted by Gasteiger charge is 2.17. The van der Waals surface area contributed by atoms with Gasteiger partial charge in [-0.25, -0.2) is 14.8 Å². The van der Waals surface area contributed by atoms with E-state index in [1.807, 2.05) is 43.3 Å². The normalized spacial score (nSPS) is 10.9. The lowest BCUT2D eigenvalue weighted by atomic mass is 10.1. The molecule has 0 spiro atoms. The van der Waals surface area contributed by atoms with Crippen molar-refractivity contribution in [2.75, 3.05) is 12.4 Å². The van der Waals surface area contributed by atoms with Crippen LogP contribution in [0.1, 0.15) is 16.2 Å². The lowest BCUT2D eigenvalue weighted by molar-refractivity contribution is 0.0693. The molecule has 0 atom stereocenters. The summed E-state index contributed by atoms with van der Waals surface area (Å²) in [6.07, 6.45) is 0. The molecule has 4 aromatic rings. The van der Waals surface area contributed by atoms with Gasteiger partial charge in [0.2, 0.25) is 0 Å². The van der Waals surface area contributed by atoms with Crippen molar-refractivity contribution in [3.8, 4) is 16.2 Å². The Morgan fingerprint density at radius 3 is 2.62 bits per heavy atom. The Morgan fingerprint density at radius 1 is 1.17 bits per heavy atom. The number of rotatable bonds is 5. The number of halogens is 1. The second kappa shape index (κ2) is 7.69. The molecule has 0 amide bonds. The number of benzene rings is 2. The zero-order chi connectivity index (χ0) is 20.5. The molecular formula is C21H16ClN3O3S. The third kappa shape index (κ3) is 3.74. The molecule has 0 radical (unpaired) electrons. The fourth-order valence-electron chi connectivity index (χ4n) is 2.98. The van der Waals surface area contributed by atoms with Gasteiger partial charge in [-0.3, -0.25) is 0 Å². The fraction of sp³-hybridized carbons (Fsp3) is 0.0952. The lowest BCUT2D eigenvalue weighted by Gasteiger charge is -2.12. The van der Waals surface area contributed by atoms with Crippen LogP contribution in [0.15, 0.2) is 48.5 Å². The summed E-state index contributed by atoms with van der Waals surface area (Å²) in [5.74, 6) is 0.312. The standard InChI is InChI=1S/C21H16ClN3O3S/c1-11-23-19(25-16-10-17(28-2)13(21(26)27)8-15(16)22)14-9-18(29-20(14)24-11)12-6-4-3-5-7-12/h3-10H,1-2H3,(H,26,27)(H,23,24,25). The van der Waals surface area contributed by atoms with E-state index in [4.69, 9.17) is 16.3 Å². The van der Waals surface area contributed by atoms with E-state index in [0.717, 1.165) is 20.7 Å². The van der Waals surface area contributed by atoms with E-state index in [1.54, 1.807) is 17.4 Å². The summed E-state index contributed by atoms with van der Waals surface area (Å²) in [6, 6.07) is 15.0. The summed E-state index contributed by atoms with van der Waals surface area (Å²) in [5.41, 5.74) is 1.60. The first kappa shape index (κ1) is 19.2. The number of fused-ring (bicyclic) bond motifs is 1. The van der Waals surface area contributed by atoms with Crippen LogP contribution in [-0.4, -0.2) is 28.2 Å². The smallest absolute Gasteiger partial charge is 0.339 e. The zero-order valence-corrected chi connectivity index (χ0v) is 17.1. The van der Waals surface area contributed by atoms with E-state index in [9.17, 15) is 9.90 Å². The molecule has 2 N–H and O–H groups in total. The molecule has 2 aromatic carbocycles. The van der Waals surface area contributed by atoms with E-state index in [1.165, 1.54) is 13.2 Å². The number of nitrogens with one attached hydrogen (secondary N) is 1. The fourth-order valence-corrected chi connectivity index (χ4v) is 4.27. The average Bonchev–Trinajstić information content (AvgIpc) is 3.14. The van der Waals surface area contributed by atoms with Crippen LogP contribution in [0.3, 0.4) is 0 Å². The van der Waals surface area contributed by atoms with Gasteiger partial charge in [-0.1, -0.05) is 41.9 Å². The van der Waals surface area contributed by atoms with Crippen LogP contribution in [0.25, 0.3) is 20.7 Å². The maximum absolute atomic E-state index is 11.4. The quantitative estimate of drug-likeness (QED) is 0.422. The number of carbonyl (C=O) groups is 1. The Labute approximate surface area is 175 Å². The Morgan fingerprint density at radius 2 is 1.93 bits per heavy atom. The summed E-state index contributed by atoms with van der Waals surface area (Å²) in [4.78, 5) is 22.4. The van der Waals surface area contributed by atoms with Crippen molar-refractivity contribution in [2.24, 2.45) is 0 Å². The first-order valence-corrected chi connectivity index (χ1v) is 9.87. The Hall–Kier alpha value is -3.16. The van der Waals surface area contributed by atoms with Gasteiger partial charge in [-0.2, -0.15) is 0 Å². The molecule has 0 saturated carbocycles. The highest BCUT2D eigenvalue weighted by molar-refractivity contribution is 7.21. The molecule has 8 heteroatoms. The molecule has 0 aliphatic carbocycles. The number of nitrogens with zero attached hydrogens (tertiary/aromatic N) is 2. The number of thiophene rings is 1. The number of aryl methyl sites for hydroxylation is 1. The number of carboxylic acid groups (broad SMARTS) is 1. The van der Waals surface area contributed by atoms with E-state index in [-0.39, 0.29) is 16.3 Å². The van der Waals surface area contributed by atoms with Crippen molar-refractivity contribution in [3.63, 3.8) is 0 Å². The average molecular weight is 426 g/mol. The van der Waals surface area contributed by atoms with Crippen LogP contribution in [0, 0.1) is 6.92 Å². The van der Waals surface area contributed by atoms with E-state index in [0.29, 0.717) is 17.3 Å². The summed E-state index contributed by atoms with van der Waals surface area (Å²) in [5, 5.41) is 13.6. The SMILES string of the molecule is COc1cc(Nc2nc(C)nc3sc(-c4ccccc4)cc23)c(Cl)cc1C(=O)O. The molecule has 2 aromatic heterocycles. The first-order chi connectivity index (χ1) is 14.0. The molecule has 2 heterocycles. The van der Waals surface area contributed by atoms with Crippen molar-refractivity contribution in [3.05, 3.63) is 64.9 Å². The number of hydrogen-bond acceptors (Lipinski definition) is 6. The van der Waals surface area contributed by atoms with Gasteiger partial charge in [-0.15, -0.1) is 11.3 Å². The van der Waals surface area contributed by atoms with Crippen molar-refractivity contribution in [1.82, 2.24) is 9.97 Å². The number of hydrogen-bond donors (Lipinski definition) is 2. The largest absolute Gasteiger partial charge is 0.496 e. The number of aromatic carboxylic acids is 1. The van der Waals surface area contributed by atoms with Gasteiger partial charge in [0.1, 0.15) is 27.8 Å². The summed E-state index contributed by atoms with van der Waals surface area (Å²) >= 11 is 7.90. The highest BCUT2D eigenvalue weighted by Crippen LogP contribution is 2.38. The van der Waals surface area contributed by atoms with E-state index in [2.05, 4.69) is 15.3 Å². The van der Waals surface area contributed by atoms with Crippen LogP contribution < -0.4 is 10.1 Å². The molecule has 4 rings (SSSR count). The molecule has 0 bridgehead atoms. The molecule has 0 unspecified atom stereocenters. The highest BCUT2D eigenvalue weighted by atomic mass is 35.5. The number of aromatic nitrogens is 2. The molecule has 146 valence electrons. The minimum atomic E-state index is -1.11. The second-order valence-corrected chi connectivity index (χ2v) is 7.72. The van der Waals surface area contributed by atoms with Gasteiger partial charge in [0.05, 0.1) is 23.2 Å². The van der Waals surface area contributed by atoms with Crippen LogP contribution >= 0.6 is 22.9 Å². The van der Waals surface area contributed by atoms with Gasteiger partial charge in [-0.05, 0) is 24.6 Å². The summed E-state index contributed by atoms with van der Waals surface area (Å²) < 4.78 is 5.20. The lowest BCUT2D eigenvalue weighted by Crippen LogP contribution is -2.03. The van der Waals surface area contributed by atoms with Gasteiger partial charge in [0.15, 0.2) is 0 Å². The number of ether oxygens (including phenoxy) is 1. The van der Waals surface area contributed by atoms with Gasteiger partial charge >= 0.3 is 5.97 Å². The zero-order valence-electron chi connectivity index (χ0n) is 15.6. The molecule has 0 aliphatic heterocycles. The van der Waals surface area contributed by atoms with Crippen LogP contribution in [0.5, 0.6) is 5.75 Å².